The van der Waals surface area contributed by atoms with E-state index in [4.69, 9.17) is 4.74 Å². The van der Waals surface area contributed by atoms with E-state index in [1.165, 1.54) is 25.7 Å². The topological polar surface area (TPSA) is 41.6 Å². The van der Waals surface area contributed by atoms with Crippen molar-refractivity contribution in [1.29, 1.82) is 0 Å². The van der Waals surface area contributed by atoms with Crippen LogP contribution in [0.15, 0.2) is 0 Å². The molecule has 2 aliphatic carbocycles. The highest BCUT2D eigenvalue weighted by molar-refractivity contribution is 5.85. The minimum Gasteiger partial charge on any atom is -0.378 e. The molecule has 22 heavy (non-hydrogen) atoms. The molecule has 2 heterocycles. The lowest BCUT2D eigenvalue weighted by molar-refractivity contribution is -0.136. The summed E-state index contributed by atoms with van der Waals surface area (Å²) in [5.41, 5.74) is 0.377. The van der Waals surface area contributed by atoms with Crippen LogP contribution in [-0.4, -0.2) is 49.7 Å². The Morgan fingerprint density at radius 2 is 1.82 bits per heavy atom. The standard InChI is InChI=1S/C17H28N2O2.ClH/c20-16(15-11-17(15)5-7-18-8-6-17)19-9-3-14(4-10-19)21-12-13-1-2-13;/h13-15,18H,1-12H2;1H. The number of halogens is 1. The Bertz CT molecular complexity index is 399. The number of likely N-dealkylation sites (tertiary alicyclic amines) is 1. The number of amides is 1. The minimum atomic E-state index is 0. The molecule has 2 saturated carbocycles. The van der Waals surface area contributed by atoms with Gasteiger partial charge in [-0.3, -0.25) is 4.79 Å². The van der Waals surface area contributed by atoms with E-state index in [1.807, 2.05) is 0 Å². The van der Waals surface area contributed by atoms with Gasteiger partial charge < -0.3 is 15.0 Å². The summed E-state index contributed by atoms with van der Waals surface area (Å²) >= 11 is 0. The summed E-state index contributed by atoms with van der Waals surface area (Å²) in [6.07, 6.45) is 8.74. The molecule has 4 aliphatic rings. The Morgan fingerprint density at radius 3 is 2.45 bits per heavy atom. The van der Waals surface area contributed by atoms with Gasteiger partial charge in [-0.1, -0.05) is 0 Å². The second-order valence-electron chi connectivity index (χ2n) is 7.67. The Labute approximate surface area is 139 Å². The number of rotatable bonds is 4. The highest BCUT2D eigenvalue weighted by Gasteiger charge is 2.58. The van der Waals surface area contributed by atoms with Crippen LogP contribution in [0.2, 0.25) is 0 Å². The van der Waals surface area contributed by atoms with Gasteiger partial charge >= 0.3 is 0 Å². The van der Waals surface area contributed by atoms with Crippen molar-refractivity contribution >= 4 is 18.3 Å². The van der Waals surface area contributed by atoms with Gasteiger partial charge in [-0.2, -0.15) is 0 Å². The van der Waals surface area contributed by atoms with E-state index in [-0.39, 0.29) is 12.4 Å². The molecule has 0 radical (unpaired) electrons. The molecule has 1 atom stereocenters. The monoisotopic (exact) mass is 328 g/mol. The van der Waals surface area contributed by atoms with Gasteiger partial charge in [0.1, 0.15) is 0 Å². The van der Waals surface area contributed by atoms with Crippen molar-refractivity contribution in [2.24, 2.45) is 17.3 Å². The van der Waals surface area contributed by atoms with Crippen molar-refractivity contribution in [3.63, 3.8) is 0 Å². The lowest BCUT2D eigenvalue weighted by Crippen LogP contribution is -2.43. The first kappa shape index (κ1) is 16.5. The fourth-order valence-electron chi connectivity index (χ4n) is 4.19. The highest BCUT2D eigenvalue weighted by Crippen LogP contribution is 2.59. The number of ether oxygens (including phenoxy) is 1. The van der Waals surface area contributed by atoms with Crippen LogP contribution in [0.25, 0.3) is 0 Å². The van der Waals surface area contributed by atoms with Crippen LogP contribution in [0.5, 0.6) is 0 Å². The molecule has 4 fully saturated rings. The normalized spacial score (nSPS) is 30.9. The van der Waals surface area contributed by atoms with Crippen molar-refractivity contribution in [2.45, 2.75) is 51.0 Å². The maximum Gasteiger partial charge on any atom is 0.226 e. The van der Waals surface area contributed by atoms with Crippen LogP contribution in [0.3, 0.4) is 0 Å². The average molecular weight is 329 g/mol. The molecule has 0 aromatic carbocycles. The van der Waals surface area contributed by atoms with Crippen LogP contribution in [-0.2, 0) is 9.53 Å². The van der Waals surface area contributed by atoms with E-state index in [1.54, 1.807) is 0 Å². The fraction of sp³-hybridized carbons (Fsp3) is 0.941. The number of hydrogen-bond donors (Lipinski definition) is 1. The van der Waals surface area contributed by atoms with E-state index in [0.29, 0.717) is 23.3 Å². The first-order valence-electron chi connectivity index (χ1n) is 8.88. The van der Waals surface area contributed by atoms with Crippen molar-refractivity contribution in [1.82, 2.24) is 10.2 Å². The molecule has 5 heteroatoms. The van der Waals surface area contributed by atoms with Gasteiger partial charge in [0, 0.05) is 25.6 Å². The first-order valence-corrected chi connectivity index (χ1v) is 8.88. The lowest BCUT2D eigenvalue weighted by Gasteiger charge is -2.33. The van der Waals surface area contributed by atoms with Crippen LogP contribution in [0, 0.1) is 17.3 Å². The zero-order chi connectivity index (χ0) is 14.3. The first-order chi connectivity index (χ1) is 10.3. The van der Waals surface area contributed by atoms with Gasteiger partial charge in [-0.15, -0.1) is 12.4 Å². The Hall–Kier alpha value is -0.320. The number of carbonyl (C=O) groups excluding carboxylic acids is 1. The summed E-state index contributed by atoms with van der Waals surface area (Å²) in [7, 11) is 0. The smallest absolute Gasteiger partial charge is 0.226 e. The average Bonchev–Trinajstić information content (AvgIpc) is 3.44. The molecule has 126 valence electrons. The predicted molar refractivity (Wildman–Crippen MR) is 88.2 cm³/mol. The molecule has 0 aromatic heterocycles. The van der Waals surface area contributed by atoms with Crippen molar-refractivity contribution in [3.05, 3.63) is 0 Å². The van der Waals surface area contributed by atoms with E-state index < -0.39 is 0 Å². The van der Waals surface area contributed by atoms with Gasteiger partial charge in [0.05, 0.1) is 6.10 Å². The summed E-state index contributed by atoms with van der Waals surface area (Å²) in [6, 6.07) is 0. The number of hydrogen-bond acceptors (Lipinski definition) is 3. The SMILES string of the molecule is Cl.O=C(C1CC12CCNCC2)N1CCC(OCC2CC2)CC1. The summed E-state index contributed by atoms with van der Waals surface area (Å²) in [4.78, 5) is 14.8. The number of nitrogens with zero attached hydrogens (tertiary/aromatic N) is 1. The highest BCUT2D eigenvalue weighted by atomic mass is 35.5. The number of carbonyl (C=O) groups is 1. The summed E-state index contributed by atoms with van der Waals surface area (Å²) in [5, 5.41) is 3.41. The number of piperidine rings is 2. The lowest BCUT2D eigenvalue weighted by atomic mass is 9.91. The second-order valence-corrected chi connectivity index (χ2v) is 7.67. The van der Waals surface area contributed by atoms with Gasteiger partial charge in [-0.25, -0.2) is 0 Å². The maximum atomic E-state index is 12.7. The summed E-state index contributed by atoms with van der Waals surface area (Å²) < 4.78 is 5.97. The van der Waals surface area contributed by atoms with Crippen LogP contribution >= 0.6 is 12.4 Å². The zero-order valence-corrected chi connectivity index (χ0v) is 14.2. The third kappa shape index (κ3) is 3.44. The minimum absolute atomic E-state index is 0. The van der Waals surface area contributed by atoms with Crippen LogP contribution in [0.1, 0.15) is 44.9 Å². The van der Waals surface area contributed by atoms with Crippen molar-refractivity contribution < 1.29 is 9.53 Å². The molecule has 2 aliphatic heterocycles. The van der Waals surface area contributed by atoms with Gasteiger partial charge in [-0.05, 0) is 69.4 Å². The molecule has 0 bridgehead atoms. The molecule has 1 amide bonds. The van der Waals surface area contributed by atoms with Gasteiger partial charge in [0.15, 0.2) is 0 Å². The summed E-state index contributed by atoms with van der Waals surface area (Å²) in [6.45, 7) is 4.98. The molecule has 2 saturated heterocycles. The molecule has 4 nitrogen and oxygen atoms in total. The molecule has 1 spiro atoms. The molecule has 1 unspecified atom stereocenters. The largest absolute Gasteiger partial charge is 0.378 e. The Balaban J connectivity index is 0.00000144. The van der Waals surface area contributed by atoms with E-state index in [2.05, 4.69) is 10.2 Å². The zero-order valence-electron chi connectivity index (χ0n) is 13.4. The van der Waals surface area contributed by atoms with Crippen LogP contribution < -0.4 is 5.32 Å². The van der Waals surface area contributed by atoms with E-state index in [0.717, 1.165) is 58.0 Å². The van der Waals surface area contributed by atoms with Crippen molar-refractivity contribution in [2.75, 3.05) is 32.8 Å². The molecular weight excluding hydrogens is 300 g/mol. The van der Waals surface area contributed by atoms with Gasteiger partial charge in [0.2, 0.25) is 5.91 Å². The van der Waals surface area contributed by atoms with Gasteiger partial charge in [0.25, 0.3) is 0 Å². The molecule has 4 rings (SSSR count). The maximum absolute atomic E-state index is 12.7. The Morgan fingerprint density at radius 1 is 1.14 bits per heavy atom. The molecule has 0 aromatic rings. The third-order valence-corrected chi connectivity index (χ3v) is 6.11. The van der Waals surface area contributed by atoms with Crippen LogP contribution in [0.4, 0.5) is 0 Å². The fourth-order valence-corrected chi connectivity index (χ4v) is 4.19. The Kier molecular flexibility index (Phi) is 5.01. The molecule has 1 N–H and O–H groups in total. The summed E-state index contributed by atoms with van der Waals surface area (Å²) in [5.74, 6) is 1.62. The predicted octanol–water partition coefficient (Wildman–Crippen LogP) is 2.22. The quantitative estimate of drug-likeness (QED) is 0.860. The van der Waals surface area contributed by atoms with E-state index >= 15 is 0 Å². The molecular formula is C17H29ClN2O2. The number of nitrogens with one attached hydrogen (secondary N) is 1. The third-order valence-electron chi connectivity index (χ3n) is 6.11. The van der Waals surface area contributed by atoms with E-state index in [9.17, 15) is 4.79 Å². The van der Waals surface area contributed by atoms with Crippen molar-refractivity contribution in [3.8, 4) is 0 Å². The second kappa shape index (κ2) is 6.66.